The fourth-order valence-electron chi connectivity index (χ4n) is 9.65. The lowest BCUT2D eigenvalue weighted by atomic mass is 9.47. The van der Waals surface area contributed by atoms with E-state index in [1.165, 1.54) is 75.7 Å². The van der Waals surface area contributed by atoms with Gasteiger partial charge in [0.25, 0.3) is 5.03 Å². The second kappa shape index (κ2) is 11.6. The fraction of sp³-hybridized carbons (Fsp3) is 0.794. The van der Waals surface area contributed by atoms with Crippen LogP contribution in [0.4, 0.5) is 0 Å². The Morgan fingerprint density at radius 1 is 1.00 bits per heavy atom. The van der Waals surface area contributed by atoms with E-state index in [4.69, 9.17) is 0 Å². The Balaban J connectivity index is 1.23. The lowest BCUT2D eigenvalue weighted by Gasteiger charge is -2.58. The topological polar surface area (TPSA) is 3.88 Å². The van der Waals surface area contributed by atoms with Gasteiger partial charge in [-0.2, -0.15) is 4.57 Å². The predicted octanol–water partition coefficient (Wildman–Crippen LogP) is 10.1. The first kappa shape index (κ1) is 28.1. The van der Waals surface area contributed by atoms with Crippen LogP contribution in [0.3, 0.4) is 0 Å². The Kier molecular flexibility index (Phi) is 8.82. The van der Waals surface area contributed by atoms with Crippen molar-refractivity contribution in [1.29, 1.82) is 0 Å². The summed E-state index contributed by atoms with van der Waals surface area (Å²) >= 11 is 0. The first-order chi connectivity index (χ1) is 17.8. The van der Waals surface area contributed by atoms with Crippen LogP contribution >= 0.6 is 21.6 Å². The lowest BCUT2D eigenvalue weighted by molar-refractivity contribution is -0.729. The van der Waals surface area contributed by atoms with Crippen LogP contribution in [0.15, 0.2) is 41.1 Å². The van der Waals surface area contributed by atoms with Crippen LogP contribution in [-0.2, 0) is 6.54 Å². The number of pyridine rings is 1. The predicted molar refractivity (Wildman–Crippen MR) is 163 cm³/mol. The van der Waals surface area contributed by atoms with E-state index in [0.29, 0.717) is 10.8 Å². The molecule has 8 atom stereocenters. The molecule has 0 aromatic carbocycles. The van der Waals surface area contributed by atoms with E-state index in [1.807, 2.05) is 16.4 Å². The smallest absolute Gasteiger partial charge is 0.193 e. The molecular weight excluding hydrogens is 487 g/mol. The van der Waals surface area contributed by atoms with Crippen LogP contribution in [0.2, 0.25) is 0 Å². The molecule has 1 heterocycles. The number of allylic oxidation sites excluding steroid dienone is 2. The normalized spacial score (nSPS) is 38.0. The highest BCUT2D eigenvalue weighted by Crippen LogP contribution is 2.67. The van der Waals surface area contributed by atoms with Crippen LogP contribution in [0, 0.1) is 46.3 Å². The molecule has 3 saturated carbocycles. The maximum absolute atomic E-state index is 2.78. The van der Waals surface area contributed by atoms with Gasteiger partial charge in [0.15, 0.2) is 6.20 Å². The van der Waals surface area contributed by atoms with E-state index in [9.17, 15) is 0 Å². The maximum Gasteiger partial charge on any atom is 0.250 e. The van der Waals surface area contributed by atoms with Gasteiger partial charge in [-0.15, -0.1) is 0 Å². The van der Waals surface area contributed by atoms with Crippen molar-refractivity contribution in [3.05, 3.63) is 36.0 Å². The van der Waals surface area contributed by atoms with Gasteiger partial charge in [0.2, 0.25) is 0 Å². The summed E-state index contributed by atoms with van der Waals surface area (Å²) in [6, 6.07) is 6.63. The molecule has 3 fully saturated rings. The summed E-state index contributed by atoms with van der Waals surface area (Å²) in [5.74, 6) is 5.61. The van der Waals surface area contributed by atoms with Gasteiger partial charge < -0.3 is 0 Å². The van der Waals surface area contributed by atoms with Crippen LogP contribution in [0.1, 0.15) is 112 Å². The highest BCUT2D eigenvalue weighted by Gasteiger charge is 2.59. The summed E-state index contributed by atoms with van der Waals surface area (Å²) in [5.41, 5.74) is 2.92. The SMILES string of the molecule is CC[n+]1ccccc1SS[C@H]1CC[C@@]2(C)C(=CC[C@H]3[C@@H]4CC[C@H]([C@H](C)CCCC(C)C)[C@@]4(C)CC[C@@H]32)C1. The van der Waals surface area contributed by atoms with Gasteiger partial charge in [0.05, 0.1) is 0 Å². The van der Waals surface area contributed by atoms with Crippen molar-refractivity contribution < 1.29 is 4.57 Å². The Labute approximate surface area is 236 Å². The number of hydrogen-bond donors (Lipinski definition) is 0. The zero-order valence-corrected chi connectivity index (χ0v) is 26.3. The van der Waals surface area contributed by atoms with Crippen LogP contribution in [-0.4, -0.2) is 5.25 Å². The van der Waals surface area contributed by atoms with Crippen molar-refractivity contribution in [2.24, 2.45) is 46.3 Å². The number of fused-ring (bicyclic) bond motifs is 5. The second-order valence-corrected chi connectivity index (χ2v) is 16.7. The van der Waals surface area contributed by atoms with Gasteiger partial charge in [0.1, 0.15) is 6.54 Å². The molecule has 1 aromatic rings. The van der Waals surface area contributed by atoms with Gasteiger partial charge in [-0.05, 0) is 111 Å². The van der Waals surface area contributed by atoms with Crippen LogP contribution < -0.4 is 4.57 Å². The van der Waals surface area contributed by atoms with Gasteiger partial charge in [-0.3, -0.25) is 0 Å². The molecule has 4 aliphatic rings. The number of nitrogens with zero attached hydrogens (tertiary/aromatic N) is 1. The van der Waals surface area contributed by atoms with Crippen molar-refractivity contribution in [3.63, 3.8) is 0 Å². The zero-order chi connectivity index (χ0) is 26.2. The third-order valence-electron chi connectivity index (χ3n) is 11.8. The molecule has 0 saturated heterocycles. The molecule has 0 N–H and O–H groups in total. The van der Waals surface area contributed by atoms with Crippen molar-refractivity contribution in [3.8, 4) is 0 Å². The molecule has 37 heavy (non-hydrogen) atoms. The third-order valence-corrected chi connectivity index (χ3v) is 14.7. The molecule has 1 aromatic heterocycles. The molecule has 4 aliphatic carbocycles. The van der Waals surface area contributed by atoms with E-state index in [2.05, 4.69) is 87.4 Å². The average Bonchev–Trinajstić information content (AvgIpc) is 3.24. The maximum atomic E-state index is 2.78. The number of hydrogen-bond acceptors (Lipinski definition) is 2. The van der Waals surface area contributed by atoms with Gasteiger partial charge in [0, 0.05) is 28.2 Å². The van der Waals surface area contributed by atoms with Gasteiger partial charge in [-0.1, -0.05) is 76.3 Å². The van der Waals surface area contributed by atoms with E-state index in [0.717, 1.165) is 47.3 Å². The quantitative estimate of drug-likeness (QED) is 0.174. The minimum atomic E-state index is 0.475. The summed E-state index contributed by atoms with van der Waals surface area (Å²) in [5, 5.41) is 2.17. The van der Waals surface area contributed by atoms with E-state index >= 15 is 0 Å². The molecule has 0 spiro atoms. The number of aryl methyl sites for hydroxylation is 1. The van der Waals surface area contributed by atoms with Crippen LogP contribution in [0.25, 0.3) is 0 Å². The standard InChI is InChI=1S/C34H54NS2/c1-7-35-22-9-8-13-32(35)37-36-27-18-20-33(5)26(23-27)14-15-28-30-17-16-29(25(4)12-10-11-24(2)3)34(30,6)21-19-31(28)33/h8-9,13-14,22,24-25,27-31H,7,10-12,15-21,23H2,1-6H3/q+1/t25-,27+,28+,29-,30+,31+,33+,34-/m1/s1. The summed E-state index contributed by atoms with van der Waals surface area (Å²) < 4.78 is 2.38. The van der Waals surface area contributed by atoms with Crippen molar-refractivity contribution in [2.45, 2.75) is 129 Å². The first-order valence-corrected chi connectivity index (χ1v) is 18.0. The average molecular weight is 541 g/mol. The number of rotatable bonds is 9. The summed E-state index contributed by atoms with van der Waals surface area (Å²) in [6.07, 6.45) is 20.8. The largest absolute Gasteiger partial charge is 0.250 e. The summed E-state index contributed by atoms with van der Waals surface area (Å²) in [4.78, 5) is 0. The van der Waals surface area contributed by atoms with E-state index in [1.54, 1.807) is 0 Å². The Hall–Kier alpha value is -0.410. The minimum absolute atomic E-state index is 0.475. The third kappa shape index (κ3) is 5.48. The molecule has 0 radical (unpaired) electrons. The first-order valence-electron chi connectivity index (χ1n) is 15.8. The fourth-order valence-corrected chi connectivity index (χ4v) is 12.4. The Morgan fingerprint density at radius 2 is 1.84 bits per heavy atom. The van der Waals surface area contributed by atoms with Gasteiger partial charge in [-0.25, -0.2) is 0 Å². The van der Waals surface area contributed by atoms with Crippen LogP contribution in [0.5, 0.6) is 0 Å². The number of aromatic nitrogens is 1. The van der Waals surface area contributed by atoms with Crippen molar-refractivity contribution >= 4 is 21.6 Å². The van der Waals surface area contributed by atoms with E-state index < -0.39 is 0 Å². The highest BCUT2D eigenvalue weighted by atomic mass is 33.1. The molecular formula is C34H54NS2+. The molecule has 206 valence electrons. The molecule has 0 amide bonds. The van der Waals surface area contributed by atoms with Crippen molar-refractivity contribution in [1.82, 2.24) is 0 Å². The Morgan fingerprint density at radius 3 is 2.62 bits per heavy atom. The monoisotopic (exact) mass is 540 g/mol. The molecule has 0 aliphatic heterocycles. The highest BCUT2D eigenvalue weighted by molar-refractivity contribution is 8.76. The zero-order valence-electron chi connectivity index (χ0n) is 24.7. The van der Waals surface area contributed by atoms with Gasteiger partial charge >= 0.3 is 0 Å². The summed E-state index contributed by atoms with van der Waals surface area (Å²) in [6.45, 7) is 16.1. The van der Waals surface area contributed by atoms with E-state index in [-0.39, 0.29) is 0 Å². The molecule has 3 heteroatoms. The molecule has 5 rings (SSSR count). The summed E-state index contributed by atoms with van der Waals surface area (Å²) in [7, 11) is 4.16. The van der Waals surface area contributed by atoms with Crippen molar-refractivity contribution in [2.75, 3.05) is 0 Å². The molecule has 0 unspecified atom stereocenters. The lowest BCUT2D eigenvalue weighted by Crippen LogP contribution is -2.50. The molecule has 0 bridgehead atoms. The minimum Gasteiger partial charge on any atom is -0.193 e. The molecule has 1 nitrogen and oxygen atoms in total. The second-order valence-electron chi connectivity index (χ2n) is 14.2. The Bertz CT molecular complexity index is 955.